The lowest BCUT2D eigenvalue weighted by molar-refractivity contribution is 0.398. The van der Waals surface area contributed by atoms with Crippen molar-refractivity contribution in [1.29, 1.82) is 0 Å². The Morgan fingerprint density at radius 1 is 1.23 bits per heavy atom. The molecule has 0 aliphatic heterocycles. The Morgan fingerprint density at radius 2 is 1.92 bits per heavy atom. The highest BCUT2D eigenvalue weighted by Gasteiger charge is 2.06. The standard InChI is InChI=1S/C11H26NP/c1-4-13-7-5-6-10(2)8-11(3)9-12/h10-11,13H,4-9,12H2,1-3H3/t10-,11?/m1/s1. The topological polar surface area (TPSA) is 26.0 Å². The average molecular weight is 203 g/mol. The lowest BCUT2D eigenvalue weighted by Crippen LogP contribution is -2.13. The van der Waals surface area contributed by atoms with Gasteiger partial charge in [-0.1, -0.05) is 27.2 Å². The lowest BCUT2D eigenvalue weighted by atomic mass is 9.94. The first-order chi connectivity index (χ1) is 6.20. The Balaban J connectivity index is 3.24. The highest BCUT2D eigenvalue weighted by Crippen LogP contribution is 2.19. The van der Waals surface area contributed by atoms with Crippen LogP contribution < -0.4 is 5.73 Å². The van der Waals surface area contributed by atoms with Crippen molar-refractivity contribution in [3.05, 3.63) is 0 Å². The molecule has 0 aliphatic rings. The largest absolute Gasteiger partial charge is 0.330 e. The maximum Gasteiger partial charge on any atom is -0.00514 e. The number of hydrogen-bond acceptors (Lipinski definition) is 1. The molecule has 0 aromatic rings. The molecule has 13 heavy (non-hydrogen) atoms. The summed E-state index contributed by atoms with van der Waals surface area (Å²) >= 11 is 0. The van der Waals surface area contributed by atoms with E-state index in [0.29, 0.717) is 5.92 Å². The van der Waals surface area contributed by atoms with E-state index in [1.807, 2.05) is 0 Å². The normalized spacial score (nSPS) is 16.6. The molecule has 0 saturated carbocycles. The quantitative estimate of drug-likeness (QED) is 0.476. The maximum atomic E-state index is 5.60. The number of rotatable bonds is 8. The molecule has 0 aliphatic carbocycles. The fourth-order valence-corrected chi connectivity index (χ4v) is 2.46. The third kappa shape index (κ3) is 8.71. The molecule has 0 radical (unpaired) electrons. The van der Waals surface area contributed by atoms with Crippen LogP contribution in [0.2, 0.25) is 0 Å². The van der Waals surface area contributed by atoms with Gasteiger partial charge in [-0.2, -0.15) is 0 Å². The number of nitrogens with two attached hydrogens (primary N) is 1. The second kappa shape index (κ2) is 8.97. The van der Waals surface area contributed by atoms with Crippen molar-refractivity contribution in [2.75, 3.05) is 18.9 Å². The van der Waals surface area contributed by atoms with Crippen LogP contribution in [0.25, 0.3) is 0 Å². The fourth-order valence-electron chi connectivity index (χ4n) is 1.65. The first-order valence-corrected chi connectivity index (χ1v) is 7.02. The van der Waals surface area contributed by atoms with Gasteiger partial charge in [0.15, 0.2) is 0 Å². The Morgan fingerprint density at radius 3 is 2.46 bits per heavy atom. The monoisotopic (exact) mass is 203 g/mol. The molecule has 0 amide bonds. The van der Waals surface area contributed by atoms with Crippen molar-refractivity contribution in [3.63, 3.8) is 0 Å². The van der Waals surface area contributed by atoms with Crippen LogP contribution in [-0.4, -0.2) is 18.9 Å². The third-order valence-corrected chi connectivity index (χ3v) is 3.71. The summed E-state index contributed by atoms with van der Waals surface area (Å²) in [6.07, 6.45) is 6.94. The van der Waals surface area contributed by atoms with Crippen molar-refractivity contribution in [2.45, 2.75) is 40.0 Å². The summed E-state index contributed by atoms with van der Waals surface area (Å²) < 4.78 is 0. The predicted octanol–water partition coefficient (Wildman–Crippen LogP) is 3.09. The summed E-state index contributed by atoms with van der Waals surface area (Å²) in [5.74, 6) is 1.59. The van der Waals surface area contributed by atoms with Gasteiger partial charge in [0, 0.05) is 0 Å². The summed E-state index contributed by atoms with van der Waals surface area (Å²) in [5.41, 5.74) is 5.60. The molecule has 0 fully saturated rings. The lowest BCUT2D eigenvalue weighted by Gasteiger charge is -2.15. The van der Waals surface area contributed by atoms with Crippen LogP contribution in [0.15, 0.2) is 0 Å². The second-order valence-electron chi connectivity index (χ2n) is 4.18. The SMILES string of the molecule is CCPCCC[C@@H](C)CC(C)CN. The average Bonchev–Trinajstić information content (AvgIpc) is 2.12. The molecule has 0 bridgehead atoms. The van der Waals surface area contributed by atoms with Crippen LogP contribution in [0.1, 0.15) is 40.0 Å². The Bertz CT molecular complexity index is 106. The summed E-state index contributed by atoms with van der Waals surface area (Å²) in [7, 11) is 1.19. The molecule has 0 rings (SSSR count). The smallest absolute Gasteiger partial charge is 0.00514 e. The molecule has 3 atom stereocenters. The summed E-state index contributed by atoms with van der Waals surface area (Å²) in [6.45, 7) is 7.74. The molecule has 1 nitrogen and oxygen atoms in total. The van der Waals surface area contributed by atoms with E-state index in [-0.39, 0.29) is 0 Å². The van der Waals surface area contributed by atoms with Crippen LogP contribution >= 0.6 is 8.58 Å². The van der Waals surface area contributed by atoms with Crippen LogP contribution in [0.4, 0.5) is 0 Å². The fraction of sp³-hybridized carbons (Fsp3) is 1.00. The van der Waals surface area contributed by atoms with Gasteiger partial charge in [-0.3, -0.25) is 0 Å². The first-order valence-electron chi connectivity index (χ1n) is 5.61. The molecular formula is C11H26NP. The van der Waals surface area contributed by atoms with Gasteiger partial charge in [0.25, 0.3) is 0 Å². The van der Waals surface area contributed by atoms with Gasteiger partial charge in [-0.05, 0) is 43.5 Å². The maximum absolute atomic E-state index is 5.60. The van der Waals surface area contributed by atoms with E-state index in [4.69, 9.17) is 5.73 Å². The van der Waals surface area contributed by atoms with Crippen molar-refractivity contribution in [3.8, 4) is 0 Å². The Hall–Kier alpha value is 0.390. The number of hydrogen-bond donors (Lipinski definition) is 1. The van der Waals surface area contributed by atoms with E-state index < -0.39 is 0 Å². The van der Waals surface area contributed by atoms with E-state index in [2.05, 4.69) is 20.8 Å². The minimum absolute atomic E-state index is 0.712. The summed E-state index contributed by atoms with van der Waals surface area (Å²) in [5, 5.41) is 0. The molecule has 0 saturated heterocycles. The second-order valence-corrected chi connectivity index (χ2v) is 5.88. The third-order valence-electron chi connectivity index (χ3n) is 2.51. The van der Waals surface area contributed by atoms with Crippen molar-refractivity contribution >= 4 is 8.58 Å². The molecular weight excluding hydrogens is 177 g/mol. The predicted molar refractivity (Wildman–Crippen MR) is 65.0 cm³/mol. The molecule has 80 valence electrons. The highest BCUT2D eigenvalue weighted by molar-refractivity contribution is 7.37. The van der Waals surface area contributed by atoms with Crippen molar-refractivity contribution < 1.29 is 0 Å². The summed E-state index contributed by atoms with van der Waals surface area (Å²) in [4.78, 5) is 0. The minimum Gasteiger partial charge on any atom is -0.330 e. The van der Waals surface area contributed by atoms with E-state index in [0.717, 1.165) is 12.5 Å². The van der Waals surface area contributed by atoms with Crippen LogP contribution in [-0.2, 0) is 0 Å². The van der Waals surface area contributed by atoms with Gasteiger partial charge in [0.05, 0.1) is 0 Å². The van der Waals surface area contributed by atoms with Crippen LogP contribution in [0.5, 0.6) is 0 Å². The van der Waals surface area contributed by atoms with E-state index in [1.54, 1.807) is 0 Å². The molecule has 2 N–H and O–H groups in total. The molecule has 0 aromatic heterocycles. The van der Waals surface area contributed by atoms with Gasteiger partial charge in [0.1, 0.15) is 0 Å². The Labute approximate surface area is 85.6 Å². The molecule has 2 unspecified atom stereocenters. The summed E-state index contributed by atoms with van der Waals surface area (Å²) in [6, 6.07) is 0. The van der Waals surface area contributed by atoms with Crippen molar-refractivity contribution in [2.24, 2.45) is 17.6 Å². The van der Waals surface area contributed by atoms with Gasteiger partial charge in [-0.15, -0.1) is 8.58 Å². The van der Waals surface area contributed by atoms with E-state index in [9.17, 15) is 0 Å². The van der Waals surface area contributed by atoms with Gasteiger partial charge in [0.2, 0.25) is 0 Å². The molecule has 0 spiro atoms. The van der Waals surface area contributed by atoms with Crippen LogP contribution in [0, 0.1) is 11.8 Å². The minimum atomic E-state index is 0.712. The zero-order valence-corrected chi connectivity index (χ0v) is 10.5. The zero-order valence-electron chi connectivity index (χ0n) is 9.47. The zero-order chi connectivity index (χ0) is 10.1. The van der Waals surface area contributed by atoms with Crippen LogP contribution in [0.3, 0.4) is 0 Å². The van der Waals surface area contributed by atoms with E-state index >= 15 is 0 Å². The Kier molecular flexibility index (Phi) is 9.23. The first kappa shape index (κ1) is 13.4. The van der Waals surface area contributed by atoms with Gasteiger partial charge >= 0.3 is 0 Å². The van der Waals surface area contributed by atoms with E-state index in [1.165, 1.54) is 40.2 Å². The van der Waals surface area contributed by atoms with Gasteiger partial charge < -0.3 is 5.73 Å². The molecule has 2 heteroatoms. The molecule has 0 aromatic carbocycles. The van der Waals surface area contributed by atoms with Gasteiger partial charge in [-0.25, -0.2) is 0 Å². The molecule has 0 heterocycles. The van der Waals surface area contributed by atoms with Crippen molar-refractivity contribution in [1.82, 2.24) is 0 Å². The highest BCUT2D eigenvalue weighted by atomic mass is 31.1.